The maximum Gasteiger partial charge on any atom is 0.252 e. The molecule has 0 bridgehead atoms. The number of sulfonamides is 1. The topological polar surface area (TPSA) is 49.4 Å². The number of hydrogen-bond acceptors (Lipinski definition) is 4. The minimum absolute atomic E-state index is 0.0724. The van der Waals surface area contributed by atoms with E-state index in [9.17, 15) is 8.42 Å². The van der Waals surface area contributed by atoms with E-state index >= 15 is 0 Å². The zero-order chi connectivity index (χ0) is 16.0. The lowest BCUT2D eigenvalue weighted by Gasteiger charge is -2.24. The van der Waals surface area contributed by atoms with Crippen molar-refractivity contribution in [3.63, 3.8) is 0 Å². The van der Waals surface area contributed by atoms with Gasteiger partial charge in [0.05, 0.1) is 0 Å². The summed E-state index contributed by atoms with van der Waals surface area (Å²) in [7, 11) is -1.66. The Morgan fingerprint density at radius 1 is 1.24 bits per heavy atom. The van der Waals surface area contributed by atoms with Gasteiger partial charge in [-0.2, -0.15) is 4.31 Å². The Balaban J connectivity index is 2.78. The number of nitrogens with one attached hydrogen (secondary N) is 1. The van der Waals surface area contributed by atoms with E-state index in [1.54, 1.807) is 13.1 Å². The van der Waals surface area contributed by atoms with Gasteiger partial charge in [0.25, 0.3) is 10.0 Å². The van der Waals surface area contributed by atoms with Crippen molar-refractivity contribution < 1.29 is 8.42 Å². The van der Waals surface area contributed by atoms with Crippen molar-refractivity contribution in [3.8, 4) is 0 Å². The first-order valence-corrected chi connectivity index (χ1v) is 9.88. The first-order chi connectivity index (χ1) is 9.82. The van der Waals surface area contributed by atoms with Gasteiger partial charge in [0.15, 0.2) is 0 Å². The summed E-state index contributed by atoms with van der Waals surface area (Å²) in [5.41, 5.74) is 0. The molecule has 0 unspecified atom stereocenters. The highest BCUT2D eigenvalue weighted by atomic mass is 32.2. The van der Waals surface area contributed by atoms with Crippen molar-refractivity contribution in [2.45, 2.75) is 63.3 Å². The lowest BCUT2D eigenvalue weighted by atomic mass is 10.2. The van der Waals surface area contributed by atoms with Gasteiger partial charge >= 0.3 is 0 Å². The van der Waals surface area contributed by atoms with Gasteiger partial charge in [0.1, 0.15) is 4.21 Å². The molecule has 1 aromatic heterocycles. The third-order valence-corrected chi connectivity index (χ3v) is 7.17. The Morgan fingerprint density at radius 2 is 1.86 bits per heavy atom. The van der Waals surface area contributed by atoms with Crippen LogP contribution in [0.15, 0.2) is 16.3 Å². The average Bonchev–Trinajstić information content (AvgIpc) is 2.89. The van der Waals surface area contributed by atoms with Crippen LogP contribution >= 0.6 is 11.3 Å². The second kappa shape index (κ2) is 8.27. The summed E-state index contributed by atoms with van der Waals surface area (Å²) in [6, 6.07) is 4.20. The molecule has 0 spiro atoms. The molecule has 1 heterocycles. The number of nitrogens with zero attached hydrogens (tertiary/aromatic N) is 1. The van der Waals surface area contributed by atoms with Crippen LogP contribution in [0.25, 0.3) is 0 Å². The Kier molecular flexibility index (Phi) is 7.33. The van der Waals surface area contributed by atoms with E-state index in [1.807, 2.05) is 19.9 Å². The van der Waals surface area contributed by atoms with Gasteiger partial charge < -0.3 is 5.32 Å². The number of thiophene rings is 1. The van der Waals surface area contributed by atoms with E-state index in [-0.39, 0.29) is 6.04 Å². The van der Waals surface area contributed by atoms with Gasteiger partial charge in [-0.1, -0.05) is 27.7 Å². The molecule has 0 aliphatic carbocycles. The van der Waals surface area contributed by atoms with Crippen LogP contribution in [0.1, 0.15) is 45.4 Å². The standard InChI is InChI=1S/C15H28N2O2S2/c1-6-13(7-2)17(5)21(18,19)15-9-8-14(20-15)10-11-16-12(3)4/h8-9,12-13,16H,6-7,10-11H2,1-5H3. The van der Waals surface area contributed by atoms with Crippen LogP contribution in [0.3, 0.4) is 0 Å². The third kappa shape index (κ3) is 5.06. The van der Waals surface area contributed by atoms with Crippen LogP contribution in [-0.2, 0) is 16.4 Å². The summed E-state index contributed by atoms with van der Waals surface area (Å²) < 4.78 is 27.2. The van der Waals surface area contributed by atoms with Gasteiger partial charge in [0.2, 0.25) is 0 Å². The Morgan fingerprint density at radius 3 is 2.38 bits per heavy atom. The quantitative estimate of drug-likeness (QED) is 0.756. The molecule has 122 valence electrons. The maximum absolute atomic E-state index is 12.6. The van der Waals surface area contributed by atoms with Gasteiger partial charge in [0, 0.05) is 30.6 Å². The summed E-state index contributed by atoms with van der Waals surface area (Å²) in [5.74, 6) is 0. The fourth-order valence-electron chi connectivity index (χ4n) is 2.26. The second-order valence-electron chi connectivity index (χ2n) is 5.57. The lowest BCUT2D eigenvalue weighted by Crippen LogP contribution is -2.35. The van der Waals surface area contributed by atoms with E-state index in [0.29, 0.717) is 10.3 Å². The monoisotopic (exact) mass is 332 g/mol. The molecule has 0 atom stereocenters. The summed E-state index contributed by atoms with van der Waals surface area (Å²) in [6.07, 6.45) is 2.54. The largest absolute Gasteiger partial charge is 0.314 e. The molecule has 1 N–H and O–H groups in total. The molecule has 1 rings (SSSR count). The van der Waals surface area contributed by atoms with Crippen LogP contribution < -0.4 is 5.32 Å². The van der Waals surface area contributed by atoms with Crippen molar-refractivity contribution in [1.82, 2.24) is 9.62 Å². The number of rotatable bonds is 9. The highest BCUT2D eigenvalue weighted by Gasteiger charge is 2.27. The van der Waals surface area contributed by atoms with Gasteiger partial charge in [-0.25, -0.2) is 8.42 Å². The molecule has 0 aliphatic heterocycles. The molecular formula is C15H28N2O2S2. The fraction of sp³-hybridized carbons (Fsp3) is 0.733. The van der Waals surface area contributed by atoms with Gasteiger partial charge in [-0.3, -0.25) is 0 Å². The SMILES string of the molecule is CCC(CC)N(C)S(=O)(=O)c1ccc(CCNC(C)C)s1. The smallest absolute Gasteiger partial charge is 0.252 e. The van der Waals surface area contributed by atoms with Crippen molar-refractivity contribution in [2.24, 2.45) is 0 Å². The Hall–Kier alpha value is -0.430. The maximum atomic E-state index is 12.6. The highest BCUT2D eigenvalue weighted by Crippen LogP contribution is 2.26. The predicted molar refractivity (Wildman–Crippen MR) is 90.5 cm³/mol. The molecule has 0 aromatic carbocycles. The minimum Gasteiger partial charge on any atom is -0.314 e. The average molecular weight is 333 g/mol. The third-order valence-electron chi connectivity index (χ3n) is 3.65. The molecule has 0 saturated heterocycles. The van der Waals surface area contributed by atoms with E-state index in [0.717, 1.165) is 30.7 Å². The zero-order valence-electron chi connectivity index (χ0n) is 13.7. The summed E-state index contributed by atoms with van der Waals surface area (Å²) in [4.78, 5) is 1.11. The first-order valence-electron chi connectivity index (χ1n) is 7.63. The number of hydrogen-bond donors (Lipinski definition) is 1. The molecule has 6 heteroatoms. The molecule has 0 amide bonds. The van der Waals surface area contributed by atoms with Crippen molar-refractivity contribution in [1.29, 1.82) is 0 Å². The first kappa shape index (κ1) is 18.6. The molecular weight excluding hydrogens is 304 g/mol. The molecule has 1 aromatic rings. The predicted octanol–water partition coefficient (Wildman–Crippen LogP) is 3.10. The zero-order valence-corrected chi connectivity index (χ0v) is 15.4. The fourth-order valence-corrected chi connectivity index (χ4v) is 5.30. The second-order valence-corrected chi connectivity index (χ2v) is 8.96. The van der Waals surface area contributed by atoms with Crippen LogP contribution in [0, 0.1) is 0 Å². The van der Waals surface area contributed by atoms with Crippen molar-refractivity contribution in [3.05, 3.63) is 17.0 Å². The van der Waals surface area contributed by atoms with Crippen LogP contribution in [0.4, 0.5) is 0 Å². The van der Waals surface area contributed by atoms with E-state index in [2.05, 4.69) is 19.2 Å². The molecule has 21 heavy (non-hydrogen) atoms. The van der Waals surface area contributed by atoms with E-state index < -0.39 is 10.0 Å². The van der Waals surface area contributed by atoms with Crippen LogP contribution in [0.5, 0.6) is 0 Å². The van der Waals surface area contributed by atoms with Gasteiger partial charge in [-0.15, -0.1) is 11.3 Å². The Labute approximate surface area is 133 Å². The lowest BCUT2D eigenvalue weighted by molar-refractivity contribution is 0.350. The summed E-state index contributed by atoms with van der Waals surface area (Å²) in [6.45, 7) is 9.14. The van der Waals surface area contributed by atoms with Crippen molar-refractivity contribution >= 4 is 21.4 Å². The minimum atomic E-state index is -3.35. The van der Waals surface area contributed by atoms with E-state index in [4.69, 9.17) is 0 Å². The van der Waals surface area contributed by atoms with Gasteiger partial charge in [-0.05, 0) is 31.4 Å². The summed E-state index contributed by atoms with van der Waals surface area (Å²) >= 11 is 1.39. The molecule has 0 radical (unpaired) electrons. The Bertz CT molecular complexity index is 520. The highest BCUT2D eigenvalue weighted by molar-refractivity contribution is 7.91. The van der Waals surface area contributed by atoms with Crippen molar-refractivity contribution in [2.75, 3.05) is 13.6 Å². The van der Waals surface area contributed by atoms with E-state index in [1.165, 1.54) is 15.6 Å². The van der Waals surface area contributed by atoms with Crippen LogP contribution in [0.2, 0.25) is 0 Å². The molecule has 0 fully saturated rings. The molecule has 0 saturated carbocycles. The molecule has 0 aliphatic rings. The summed E-state index contributed by atoms with van der Waals surface area (Å²) in [5, 5.41) is 3.35. The van der Waals surface area contributed by atoms with Crippen LogP contribution in [-0.4, -0.2) is 38.4 Å². The normalized spacial score (nSPS) is 12.8. The molecule has 4 nitrogen and oxygen atoms in total.